The van der Waals surface area contributed by atoms with Crippen LogP contribution in [0.2, 0.25) is 0 Å². The van der Waals surface area contributed by atoms with E-state index in [1.54, 1.807) is 7.11 Å². The number of hydrogen-bond donors (Lipinski definition) is 0. The number of thiazole rings is 1. The van der Waals surface area contributed by atoms with Crippen molar-refractivity contribution in [2.24, 2.45) is 0 Å². The van der Waals surface area contributed by atoms with Gasteiger partial charge in [0.25, 0.3) is 0 Å². The first-order chi connectivity index (χ1) is 9.60. The number of nitrogens with zero attached hydrogens (tertiary/aromatic N) is 1. The van der Waals surface area contributed by atoms with Crippen molar-refractivity contribution in [1.82, 2.24) is 4.98 Å². The molecule has 0 amide bonds. The summed E-state index contributed by atoms with van der Waals surface area (Å²) in [5.41, 5.74) is 1.83. The third kappa shape index (κ3) is 3.65. The summed E-state index contributed by atoms with van der Waals surface area (Å²) in [5.74, 6) is 0.814. The number of aryl methyl sites for hydroxylation is 1. The third-order valence-electron chi connectivity index (χ3n) is 2.69. The summed E-state index contributed by atoms with van der Waals surface area (Å²) in [6.07, 6.45) is 0. The topological polar surface area (TPSA) is 48.4 Å². The van der Waals surface area contributed by atoms with Crippen molar-refractivity contribution < 1.29 is 14.3 Å². The SMILES string of the molecule is COCc1nc(COc2cccc(C)c2)sc1C(C)=O. The van der Waals surface area contributed by atoms with Crippen molar-refractivity contribution in [3.05, 3.63) is 45.4 Å². The van der Waals surface area contributed by atoms with E-state index in [0.29, 0.717) is 23.8 Å². The van der Waals surface area contributed by atoms with E-state index in [0.717, 1.165) is 16.3 Å². The van der Waals surface area contributed by atoms with Crippen LogP contribution < -0.4 is 4.74 Å². The first kappa shape index (κ1) is 14.7. The average molecular weight is 291 g/mol. The van der Waals surface area contributed by atoms with Gasteiger partial charge in [0.15, 0.2) is 5.78 Å². The second-order valence-corrected chi connectivity index (χ2v) is 5.56. The Morgan fingerprint density at radius 1 is 1.35 bits per heavy atom. The van der Waals surface area contributed by atoms with Crippen LogP contribution in [-0.4, -0.2) is 17.9 Å². The minimum absolute atomic E-state index is 0.0105. The number of aromatic nitrogens is 1. The highest BCUT2D eigenvalue weighted by Gasteiger charge is 2.15. The molecule has 0 saturated heterocycles. The molecule has 0 spiro atoms. The standard InChI is InChI=1S/C15H17NO3S/c1-10-5-4-6-12(7-10)19-9-14-16-13(8-18-3)15(20-14)11(2)17/h4-7H,8-9H2,1-3H3. The zero-order chi connectivity index (χ0) is 14.5. The molecule has 2 aromatic rings. The van der Waals surface area contributed by atoms with E-state index in [1.807, 2.05) is 31.2 Å². The zero-order valence-electron chi connectivity index (χ0n) is 11.8. The number of carbonyl (C=O) groups is 1. The van der Waals surface area contributed by atoms with E-state index >= 15 is 0 Å². The molecule has 106 valence electrons. The number of carbonyl (C=O) groups excluding carboxylic acids is 1. The smallest absolute Gasteiger partial charge is 0.171 e. The van der Waals surface area contributed by atoms with Gasteiger partial charge in [0.05, 0.1) is 17.2 Å². The first-order valence-electron chi connectivity index (χ1n) is 6.28. The lowest BCUT2D eigenvalue weighted by Gasteiger charge is -2.04. The summed E-state index contributed by atoms with van der Waals surface area (Å²) in [5, 5.41) is 0.781. The van der Waals surface area contributed by atoms with Gasteiger partial charge in [-0.05, 0) is 24.6 Å². The molecule has 20 heavy (non-hydrogen) atoms. The predicted molar refractivity (Wildman–Crippen MR) is 78.3 cm³/mol. The second kappa shape index (κ2) is 6.63. The minimum atomic E-state index is 0.0105. The fourth-order valence-electron chi connectivity index (χ4n) is 1.82. The van der Waals surface area contributed by atoms with Gasteiger partial charge in [-0.15, -0.1) is 11.3 Å². The summed E-state index contributed by atoms with van der Waals surface area (Å²) in [4.78, 5) is 16.6. The Balaban J connectivity index is 2.09. The Hall–Kier alpha value is -1.72. The Morgan fingerprint density at radius 2 is 2.15 bits per heavy atom. The van der Waals surface area contributed by atoms with E-state index in [4.69, 9.17) is 9.47 Å². The largest absolute Gasteiger partial charge is 0.486 e. The third-order valence-corrected chi connectivity index (χ3v) is 3.87. The molecule has 4 nitrogen and oxygen atoms in total. The molecule has 0 saturated carbocycles. The van der Waals surface area contributed by atoms with E-state index < -0.39 is 0 Å². The Kier molecular flexibility index (Phi) is 4.87. The number of benzene rings is 1. The maximum Gasteiger partial charge on any atom is 0.171 e. The van der Waals surface area contributed by atoms with Crippen LogP contribution >= 0.6 is 11.3 Å². The van der Waals surface area contributed by atoms with Crippen molar-refractivity contribution in [3.8, 4) is 5.75 Å². The summed E-state index contributed by atoms with van der Waals surface area (Å²) < 4.78 is 10.8. The Bertz CT molecular complexity index is 607. The van der Waals surface area contributed by atoms with Crippen molar-refractivity contribution in [3.63, 3.8) is 0 Å². The molecule has 0 atom stereocenters. The zero-order valence-corrected chi connectivity index (χ0v) is 12.6. The van der Waals surface area contributed by atoms with Crippen molar-refractivity contribution >= 4 is 17.1 Å². The van der Waals surface area contributed by atoms with E-state index in [2.05, 4.69) is 4.98 Å². The van der Waals surface area contributed by atoms with E-state index in [-0.39, 0.29) is 5.78 Å². The molecule has 0 N–H and O–H groups in total. The highest BCUT2D eigenvalue weighted by molar-refractivity contribution is 7.13. The van der Waals surface area contributed by atoms with Crippen LogP contribution in [0.1, 0.15) is 32.9 Å². The summed E-state index contributed by atoms with van der Waals surface area (Å²) in [7, 11) is 1.59. The normalized spacial score (nSPS) is 10.6. The fourth-order valence-corrected chi connectivity index (χ4v) is 2.70. The fraction of sp³-hybridized carbons (Fsp3) is 0.333. The van der Waals surface area contributed by atoms with Gasteiger partial charge in [-0.3, -0.25) is 4.79 Å². The maximum absolute atomic E-state index is 11.5. The monoisotopic (exact) mass is 291 g/mol. The quantitative estimate of drug-likeness (QED) is 0.766. The molecule has 0 fully saturated rings. The average Bonchev–Trinajstić information content (AvgIpc) is 2.80. The number of methoxy groups -OCH3 is 1. The summed E-state index contributed by atoms with van der Waals surface area (Å²) >= 11 is 1.37. The number of hydrogen-bond acceptors (Lipinski definition) is 5. The van der Waals surface area contributed by atoms with Crippen LogP contribution in [0, 0.1) is 6.92 Å². The first-order valence-corrected chi connectivity index (χ1v) is 7.09. The lowest BCUT2D eigenvalue weighted by Crippen LogP contribution is -1.98. The highest BCUT2D eigenvalue weighted by Crippen LogP contribution is 2.22. The number of ketones is 1. The molecule has 0 aliphatic rings. The van der Waals surface area contributed by atoms with Crippen LogP contribution in [0.3, 0.4) is 0 Å². The highest BCUT2D eigenvalue weighted by atomic mass is 32.1. The van der Waals surface area contributed by atoms with E-state index in [9.17, 15) is 4.79 Å². The summed E-state index contributed by atoms with van der Waals surface area (Å²) in [6.45, 7) is 4.26. The van der Waals surface area contributed by atoms with Crippen LogP contribution in [0.4, 0.5) is 0 Å². The molecular weight excluding hydrogens is 274 g/mol. The molecule has 1 aromatic heterocycles. The molecule has 0 bridgehead atoms. The van der Waals surface area contributed by atoms with Crippen molar-refractivity contribution in [2.45, 2.75) is 27.1 Å². The molecule has 1 aromatic carbocycles. The Labute approximate surface area is 122 Å². The molecule has 0 aliphatic heterocycles. The molecular formula is C15H17NO3S. The van der Waals surface area contributed by atoms with Gasteiger partial charge in [-0.2, -0.15) is 0 Å². The van der Waals surface area contributed by atoms with Gasteiger partial charge in [0.1, 0.15) is 17.4 Å². The van der Waals surface area contributed by atoms with Crippen molar-refractivity contribution in [1.29, 1.82) is 0 Å². The van der Waals surface area contributed by atoms with Gasteiger partial charge in [-0.1, -0.05) is 12.1 Å². The van der Waals surface area contributed by atoms with Crippen LogP contribution in [0.25, 0.3) is 0 Å². The molecule has 1 heterocycles. The van der Waals surface area contributed by atoms with Crippen molar-refractivity contribution in [2.75, 3.05) is 7.11 Å². The maximum atomic E-state index is 11.5. The second-order valence-electron chi connectivity index (χ2n) is 4.48. The van der Waals surface area contributed by atoms with Gasteiger partial charge in [-0.25, -0.2) is 4.98 Å². The lowest BCUT2D eigenvalue weighted by atomic mass is 10.2. The number of Topliss-reactive ketones (excluding diaryl/α,β-unsaturated/α-hetero) is 1. The van der Waals surface area contributed by atoms with Gasteiger partial charge >= 0.3 is 0 Å². The van der Waals surface area contributed by atoms with Crippen LogP contribution in [0.5, 0.6) is 5.75 Å². The van der Waals surface area contributed by atoms with Gasteiger partial charge in [0, 0.05) is 14.0 Å². The van der Waals surface area contributed by atoms with Gasteiger partial charge in [0.2, 0.25) is 0 Å². The summed E-state index contributed by atoms with van der Waals surface area (Å²) in [6, 6.07) is 7.84. The predicted octanol–water partition coefficient (Wildman–Crippen LogP) is 3.38. The number of rotatable bonds is 6. The molecule has 0 aliphatic carbocycles. The molecule has 0 unspecified atom stereocenters. The lowest BCUT2D eigenvalue weighted by molar-refractivity contribution is 0.101. The van der Waals surface area contributed by atoms with Gasteiger partial charge < -0.3 is 9.47 Å². The molecule has 2 rings (SSSR count). The minimum Gasteiger partial charge on any atom is -0.486 e. The number of ether oxygens (including phenoxy) is 2. The molecule has 0 radical (unpaired) electrons. The van der Waals surface area contributed by atoms with Crippen LogP contribution in [-0.2, 0) is 18.0 Å². The molecule has 5 heteroatoms. The van der Waals surface area contributed by atoms with E-state index in [1.165, 1.54) is 18.3 Å². The Morgan fingerprint density at radius 3 is 2.80 bits per heavy atom. The van der Waals surface area contributed by atoms with Crippen LogP contribution in [0.15, 0.2) is 24.3 Å².